The third-order valence-electron chi connectivity index (χ3n) is 2.40. The molecule has 1 heterocycles. The second-order valence-electron chi connectivity index (χ2n) is 3.72. The smallest absolute Gasteiger partial charge is 0.370 e. The molecule has 0 aromatic heterocycles. The number of rotatable bonds is 0. The van der Waals surface area contributed by atoms with E-state index in [-0.39, 0.29) is 5.56 Å². The van der Waals surface area contributed by atoms with Gasteiger partial charge in [-0.1, -0.05) is 12.1 Å². The number of allylic oxidation sites excluding steroid dienone is 1. The molecule has 1 aromatic carbocycles. The molecule has 0 saturated heterocycles. The predicted molar refractivity (Wildman–Crippen MR) is 54.8 cm³/mol. The average Bonchev–Trinajstić information content (AvgIpc) is 2.14. The van der Waals surface area contributed by atoms with Crippen molar-refractivity contribution in [2.45, 2.75) is 19.3 Å². The quantitative estimate of drug-likeness (QED) is 0.716. The lowest BCUT2D eigenvalue weighted by atomic mass is 9.98. The summed E-state index contributed by atoms with van der Waals surface area (Å²) in [4.78, 5) is 0. The van der Waals surface area contributed by atoms with Crippen molar-refractivity contribution in [2.75, 3.05) is 5.32 Å². The fourth-order valence-corrected chi connectivity index (χ4v) is 1.71. The molecule has 0 spiro atoms. The molecule has 86 valence electrons. The Balaban J connectivity index is 2.56. The fraction of sp³-hybridized carbons (Fsp3) is 0.273. The number of anilines is 1. The van der Waals surface area contributed by atoms with Gasteiger partial charge < -0.3 is 10.4 Å². The zero-order chi connectivity index (χ0) is 11.9. The monoisotopic (exact) mass is 229 g/mol. The maximum atomic E-state index is 12.7. The van der Waals surface area contributed by atoms with Crippen LogP contribution in [0, 0.1) is 6.92 Å². The lowest BCUT2D eigenvalue weighted by molar-refractivity contribution is -0.0696. The number of aliphatic hydroxyl groups excluding tert-OH is 1. The van der Waals surface area contributed by atoms with E-state index in [1.165, 1.54) is 6.07 Å². The van der Waals surface area contributed by atoms with Gasteiger partial charge in [-0.25, -0.2) is 0 Å². The summed E-state index contributed by atoms with van der Waals surface area (Å²) >= 11 is 0. The Morgan fingerprint density at radius 2 is 2.00 bits per heavy atom. The van der Waals surface area contributed by atoms with Gasteiger partial charge >= 0.3 is 6.18 Å². The van der Waals surface area contributed by atoms with E-state index in [2.05, 4.69) is 5.32 Å². The highest BCUT2D eigenvalue weighted by Crippen LogP contribution is 2.40. The number of aryl methyl sites for hydroxylation is 1. The molecule has 1 aliphatic rings. The second kappa shape index (κ2) is 3.52. The predicted octanol–water partition coefficient (Wildman–Crippen LogP) is 2.68. The largest absolute Gasteiger partial charge is 0.416 e. The number of hydrogen-bond acceptors (Lipinski definition) is 2. The van der Waals surface area contributed by atoms with Crippen molar-refractivity contribution >= 4 is 11.3 Å². The number of aliphatic hydroxyl groups is 1. The van der Waals surface area contributed by atoms with Gasteiger partial charge in [0.05, 0.1) is 5.57 Å². The van der Waals surface area contributed by atoms with Crippen LogP contribution in [-0.2, 0) is 0 Å². The Kier molecular flexibility index (Phi) is 2.42. The maximum absolute atomic E-state index is 12.7. The Morgan fingerprint density at radius 3 is 2.62 bits per heavy atom. The standard InChI is InChI=1S/C11H10F3NO/c1-6-2-3-7-8(11(12,13)14)5-10(16)15-9(7)4-6/h2-5,10,15-16H,1H3. The van der Waals surface area contributed by atoms with Gasteiger partial charge in [-0.2, -0.15) is 13.2 Å². The molecule has 1 aromatic rings. The maximum Gasteiger partial charge on any atom is 0.416 e. The van der Waals surface area contributed by atoms with E-state index in [1.54, 1.807) is 19.1 Å². The van der Waals surface area contributed by atoms with Crippen LogP contribution >= 0.6 is 0 Å². The van der Waals surface area contributed by atoms with Gasteiger partial charge in [0.25, 0.3) is 0 Å². The third kappa shape index (κ3) is 1.90. The highest BCUT2D eigenvalue weighted by Gasteiger charge is 2.38. The number of alkyl halides is 3. The van der Waals surface area contributed by atoms with Crippen LogP contribution in [0.4, 0.5) is 18.9 Å². The molecule has 1 atom stereocenters. The van der Waals surface area contributed by atoms with E-state index in [0.717, 1.165) is 11.6 Å². The number of hydrogen-bond donors (Lipinski definition) is 2. The number of halogens is 3. The van der Waals surface area contributed by atoms with Gasteiger partial charge in [-0.15, -0.1) is 0 Å². The molecule has 0 fully saturated rings. The van der Waals surface area contributed by atoms with Gasteiger partial charge in [0.15, 0.2) is 0 Å². The van der Waals surface area contributed by atoms with E-state index < -0.39 is 18.0 Å². The van der Waals surface area contributed by atoms with E-state index >= 15 is 0 Å². The van der Waals surface area contributed by atoms with Crippen molar-refractivity contribution in [1.82, 2.24) is 0 Å². The first-order valence-electron chi connectivity index (χ1n) is 4.72. The van der Waals surface area contributed by atoms with Crippen molar-refractivity contribution < 1.29 is 18.3 Å². The normalized spacial score (nSPS) is 19.8. The molecule has 0 amide bonds. The number of benzene rings is 1. The zero-order valence-corrected chi connectivity index (χ0v) is 8.47. The molecule has 1 aliphatic heterocycles. The van der Waals surface area contributed by atoms with Gasteiger partial charge in [0, 0.05) is 11.3 Å². The van der Waals surface area contributed by atoms with Gasteiger partial charge in [0.1, 0.15) is 6.23 Å². The van der Waals surface area contributed by atoms with Crippen molar-refractivity contribution in [3.63, 3.8) is 0 Å². The molecule has 5 heteroatoms. The van der Waals surface area contributed by atoms with E-state index in [0.29, 0.717) is 5.69 Å². The minimum Gasteiger partial charge on any atom is -0.370 e. The fourth-order valence-electron chi connectivity index (χ4n) is 1.71. The van der Waals surface area contributed by atoms with E-state index in [4.69, 9.17) is 0 Å². The minimum absolute atomic E-state index is 0.0726. The average molecular weight is 229 g/mol. The summed E-state index contributed by atoms with van der Waals surface area (Å²) in [6.45, 7) is 1.78. The lowest BCUT2D eigenvalue weighted by Crippen LogP contribution is -2.25. The molecule has 0 aliphatic carbocycles. The van der Waals surface area contributed by atoms with E-state index in [9.17, 15) is 18.3 Å². The molecule has 0 radical (unpaired) electrons. The molecule has 0 saturated carbocycles. The third-order valence-corrected chi connectivity index (χ3v) is 2.40. The van der Waals surface area contributed by atoms with Gasteiger partial charge in [-0.3, -0.25) is 0 Å². The van der Waals surface area contributed by atoms with Crippen molar-refractivity contribution in [2.24, 2.45) is 0 Å². The molecule has 0 bridgehead atoms. The molecule has 1 unspecified atom stereocenters. The lowest BCUT2D eigenvalue weighted by Gasteiger charge is -2.24. The first kappa shape index (κ1) is 11.0. The first-order valence-corrected chi connectivity index (χ1v) is 4.72. The molecular formula is C11H10F3NO. The second-order valence-corrected chi connectivity index (χ2v) is 3.72. The Hall–Kier alpha value is -1.49. The SMILES string of the molecule is Cc1ccc2c(c1)NC(O)C=C2C(F)(F)F. The van der Waals surface area contributed by atoms with Crippen LogP contribution in [0.1, 0.15) is 11.1 Å². The number of nitrogens with one attached hydrogen (secondary N) is 1. The highest BCUT2D eigenvalue weighted by atomic mass is 19.4. The van der Waals surface area contributed by atoms with Crippen LogP contribution in [0.25, 0.3) is 5.57 Å². The summed E-state index contributed by atoms with van der Waals surface area (Å²) in [5, 5.41) is 11.9. The molecular weight excluding hydrogens is 219 g/mol. The van der Waals surface area contributed by atoms with Crippen LogP contribution in [0.2, 0.25) is 0 Å². The Morgan fingerprint density at radius 1 is 1.31 bits per heavy atom. The summed E-state index contributed by atoms with van der Waals surface area (Å²) in [5.41, 5.74) is 0.418. The van der Waals surface area contributed by atoms with Gasteiger partial charge in [-0.05, 0) is 24.6 Å². The van der Waals surface area contributed by atoms with Crippen molar-refractivity contribution in [1.29, 1.82) is 0 Å². The van der Waals surface area contributed by atoms with E-state index in [1.807, 2.05) is 0 Å². The summed E-state index contributed by atoms with van der Waals surface area (Å²) in [6.07, 6.45) is -4.98. The van der Waals surface area contributed by atoms with Crippen LogP contribution in [0.15, 0.2) is 24.3 Å². The van der Waals surface area contributed by atoms with Crippen LogP contribution in [0.5, 0.6) is 0 Å². The van der Waals surface area contributed by atoms with Gasteiger partial charge in [0.2, 0.25) is 0 Å². The molecule has 2 N–H and O–H groups in total. The van der Waals surface area contributed by atoms with Crippen LogP contribution in [-0.4, -0.2) is 17.5 Å². The Bertz CT molecular complexity index is 451. The minimum atomic E-state index is -4.45. The molecule has 16 heavy (non-hydrogen) atoms. The van der Waals surface area contributed by atoms with Crippen LogP contribution in [0.3, 0.4) is 0 Å². The zero-order valence-electron chi connectivity index (χ0n) is 8.47. The highest BCUT2D eigenvalue weighted by molar-refractivity contribution is 5.82. The summed E-state index contributed by atoms with van der Waals surface area (Å²) < 4.78 is 38.1. The van der Waals surface area contributed by atoms with Crippen molar-refractivity contribution in [3.05, 3.63) is 35.4 Å². The Labute approximate surface area is 90.4 Å². The summed E-state index contributed by atoms with van der Waals surface area (Å²) in [6, 6.07) is 4.60. The topological polar surface area (TPSA) is 32.3 Å². The summed E-state index contributed by atoms with van der Waals surface area (Å²) in [5.74, 6) is 0. The summed E-state index contributed by atoms with van der Waals surface area (Å²) in [7, 11) is 0. The number of fused-ring (bicyclic) bond motifs is 1. The van der Waals surface area contributed by atoms with Crippen molar-refractivity contribution in [3.8, 4) is 0 Å². The first-order chi connectivity index (χ1) is 7.38. The molecule has 2 rings (SSSR count). The molecule has 2 nitrogen and oxygen atoms in total. The van der Waals surface area contributed by atoms with Crippen LogP contribution < -0.4 is 5.32 Å².